The molecule has 1 aromatic carbocycles. The molecule has 0 unspecified atom stereocenters. The summed E-state index contributed by atoms with van der Waals surface area (Å²) in [5, 5.41) is 0. The van der Waals surface area contributed by atoms with E-state index in [4.69, 9.17) is 0 Å². The van der Waals surface area contributed by atoms with Crippen LogP contribution in [0.4, 0.5) is 0 Å². The van der Waals surface area contributed by atoms with E-state index < -0.39 is 10.0 Å². The van der Waals surface area contributed by atoms with E-state index in [1.165, 1.54) is 0 Å². The lowest BCUT2D eigenvalue weighted by atomic mass is 10.2. The number of benzene rings is 1. The fourth-order valence-corrected chi connectivity index (χ4v) is 4.43. The number of likely N-dealkylation sites (N-methyl/N-ethyl adjacent to an activating group) is 1. The summed E-state index contributed by atoms with van der Waals surface area (Å²) >= 11 is 0. The molecule has 6 nitrogen and oxygen atoms in total. The van der Waals surface area contributed by atoms with Gasteiger partial charge in [-0.3, -0.25) is 9.69 Å². The van der Waals surface area contributed by atoms with Gasteiger partial charge >= 0.3 is 0 Å². The Hall–Kier alpha value is -1.44. The van der Waals surface area contributed by atoms with E-state index in [1.807, 2.05) is 49.1 Å². The number of hydrogen-bond donors (Lipinski definition) is 0. The predicted molar refractivity (Wildman–Crippen MR) is 95.0 cm³/mol. The Morgan fingerprint density at radius 1 is 1.04 bits per heavy atom. The van der Waals surface area contributed by atoms with Crippen molar-refractivity contribution in [3.8, 4) is 0 Å². The molecule has 0 saturated carbocycles. The van der Waals surface area contributed by atoms with Gasteiger partial charge in [-0.05, 0) is 19.4 Å². The van der Waals surface area contributed by atoms with Crippen LogP contribution >= 0.6 is 0 Å². The van der Waals surface area contributed by atoms with Crippen molar-refractivity contribution in [3.63, 3.8) is 0 Å². The summed E-state index contributed by atoms with van der Waals surface area (Å²) in [6.45, 7) is 7.81. The van der Waals surface area contributed by atoms with Gasteiger partial charge in [0.25, 0.3) is 0 Å². The number of rotatable bonds is 7. The second-order valence-corrected chi connectivity index (χ2v) is 7.95. The molecule has 2 rings (SSSR count). The Kier molecular flexibility index (Phi) is 6.77. The number of nitrogens with zero attached hydrogens (tertiary/aromatic N) is 3. The van der Waals surface area contributed by atoms with Gasteiger partial charge in [-0.1, -0.05) is 30.3 Å². The lowest BCUT2D eigenvalue weighted by Gasteiger charge is -2.34. The van der Waals surface area contributed by atoms with Crippen LogP contribution in [-0.2, 0) is 20.6 Å². The molecular formula is C17H27N3O3S. The van der Waals surface area contributed by atoms with Crippen LogP contribution < -0.4 is 0 Å². The first-order valence-electron chi connectivity index (χ1n) is 8.48. The minimum absolute atomic E-state index is 0.0339. The number of carbonyl (C=O) groups excluding carboxylic acids is 1. The van der Waals surface area contributed by atoms with Crippen molar-refractivity contribution >= 4 is 15.9 Å². The van der Waals surface area contributed by atoms with Gasteiger partial charge < -0.3 is 4.90 Å². The number of piperazine rings is 1. The van der Waals surface area contributed by atoms with Crippen LogP contribution in [0.5, 0.6) is 0 Å². The summed E-state index contributed by atoms with van der Waals surface area (Å²) < 4.78 is 26.6. The third-order valence-corrected chi connectivity index (χ3v) is 6.24. The van der Waals surface area contributed by atoms with Crippen molar-refractivity contribution in [2.75, 3.05) is 45.8 Å². The van der Waals surface area contributed by atoms with Crippen molar-refractivity contribution < 1.29 is 13.2 Å². The smallest absolute Gasteiger partial charge is 0.236 e. The topological polar surface area (TPSA) is 60.9 Å². The zero-order chi connectivity index (χ0) is 17.6. The largest absolute Gasteiger partial charge is 0.342 e. The van der Waals surface area contributed by atoms with Crippen LogP contribution in [0.1, 0.15) is 19.4 Å². The molecule has 0 spiro atoms. The monoisotopic (exact) mass is 353 g/mol. The number of sulfonamides is 1. The Labute approximate surface area is 145 Å². The first-order chi connectivity index (χ1) is 11.5. The van der Waals surface area contributed by atoms with Crippen LogP contribution in [0, 0.1) is 0 Å². The van der Waals surface area contributed by atoms with E-state index in [0.29, 0.717) is 45.8 Å². The second-order valence-electron chi connectivity index (χ2n) is 5.98. The molecular weight excluding hydrogens is 326 g/mol. The van der Waals surface area contributed by atoms with E-state index in [2.05, 4.69) is 0 Å². The van der Waals surface area contributed by atoms with Crippen molar-refractivity contribution in [1.82, 2.24) is 14.1 Å². The molecule has 0 aromatic heterocycles. The minimum Gasteiger partial charge on any atom is -0.342 e. The molecule has 1 heterocycles. The number of carbonyl (C=O) groups is 1. The highest BCUT2D eigenvalue weighted by Crippen LogP contribution is 2.13. The maximum atomic E-state index is 12.5. The van der Waals surface area contributed by atoms with E-state index in [1.54, 1.807) is 9.21 Å². The average Bonchev–Trinajstić information content (AvgIpc) is 2.57. The van der Waals surface area contributed by atoms with E-state index in [0.717, 1.165) is 5.56 Å². The van der Waals surface area contributed by atoms with Gasteiger partial charge in [0.15, 0.2) is 0 Å². The highest BCUT2D eigenvalue weighted by Gasteiger charge is 2.28. The Bertz CT molecular complexity index is 622. The van der Waals surface area contributed by atoms with Crippen molar-refractivity contribution in [2.45, 2.75) is 19.6 Å². The quantitative estimate of drug-likeness (QED) is 0.734. The van der Waals surface area contributed by atoms with Gasteiger partial charge in [-0.2, -0.15) is 4.31 Å². The minimum atomic E-state index is -3.30. The SMILES string of the molecule is CCN(CC)C(=O)CN1CCN(S(=O)(=O)Cc2ccccc2)CC1. The third kappa shape index (κ3) is 5.03. The molecule has 134 valence electrons. The summed E-state index contributed by atoms with van der Waals surface area (Å²) in [5.74, 6) is 0.146. The molecule has 0 radical (unpaired) electrons. The number of amides is 1. The van der Waals surface area contributed by atoms with E-state index >= 15 is 0 Å². The molecule has 0 bridgehead atoms. The molecule has 7 heteroatoms. The third-order valence-electron chi connectivity index (χ3n) is 4.39. The van der Waals surface area contributed by atoms with Crippen molar-refractivity contribution in [1.29, 1.82) is 0 Å². The standard InChI is InChI=1S/C17H27N3O3S/c1-3-19(4-2)17(21)14-18-10-12-20(13-11-18)24(22,23)15-16-8-6-5-7-9-16/h5-9H,3-4,10-15H2,1-2H3. The predicted octanol–water partition coefficient (Wildman–Crippen LogP) is 1.00. The molecule has 0 atom stereocenters. The first-order valence-corrected chi connectivity index (χ1v) is 10.1. The maximum Gasteiger partial charge on any atom is 0.236 e. The fraction of sp³-hybridized carbons (Fsp3) is 0.588. The molecule has 0 N–H and O–H groups in total. The van der Waals surface area contributed by atoms with Gasteiger partial charge in [-0.25, -0.2) is 8.42 Å². The van der Waals surface area contributed by atoms with Crippen LogP contribution in [0.3, 0.4) is 0 Å². The highest BCUT2D eigenvalue weighted by atomic mass is 32.2. The molecule has 0 aliphatic carbocycles. The Balaban J connectivity index is 1.87. The Morgan fingerprint density at radius 3 is 2.17 bits per heavy atom. The van der Waals surface area contributed by atoms with Gasteiger partial charge in [0, 0.05) is 39.3 Å². The summed E-state index contributed by atoms with van der Waals surface area (Å²) in [6.07, 6.45) is 0. The zero-order valence-electron chi connectivity index (χ0n) is 14.5. The summed E-state index contributed by atoms with van der Waals surface area (Å²) in [4.78, 5) is 16.0. The van der Waals surface area contributed by atoms with Gasteiger partial charge in [0.05, 0.1) is 12.3 Å². The molecule has 24 heavy (non-hydrogen) atoms. The molecule has 1 aliphatic rings. The van der Waals surface area contributed by atoms with Gasteiger partial charge in [-0.15, -0.1) is 0 Å². The van der Waals surface area contributed by atoms with Crippen LogP contribution in [0.2, 0.25) is 0 Å². The fourth-order valence-electron chi connectivity index (χ4n) is 2.91. The van der Waals surface area contributed by atoms with E-state index in [9.17, 15) is 13.2 Å². The van der Waals surface area contributed by atoms with Crippen LogP contribution in [0.15, 0.2) is 30.3 Å². The average molecular weight is 353 g/mol. The lowest BCUT2D eigenvalue weighted by Crippen LogP contribution is -2.51. The summed E-state index contributed by atoms with van der Waals surface area (Å²) in [5.41, 5.74) is 0.802. The molecule has 1 aromatic rings. The first kappa shape index (κ1) is 18.9. The van der Waals surface area contributed by atoms with Crippen LogP contribution in [-0.4, -0.2) is 74.2 Å². The molecule has 1 aliphatic heterocycles. The molecule has 1 amide bonds. The second kappa shape index (κ2) is 8.60. The van der Waals surface area contributed by atoms with Gasteiger partial charge in [0.2, 0.25) is 15.9 Å². The van der Waals surface area contributed by atoms with Crippen LogP contribution in [0.25, 0.3) is 0 Å². The normalized spacial score (nSPS) is 16.9. The van der Waals surface area contributed by atoms with Crippen molar-refractivity contribution in [3.05, 3.63) is 35.9 Å². The zero-order valence-corrected chi connectivity index (χ0v) is 15.3. The summed E-state index contributed by atoms with van der Waals surface area (Å²) in [6, 6.07) is 9.23. The molecule has 1 saturated heterocycles. The van der Waals surface area contributed by atoms with Gasteiger partial charge in [0.1, 0.15) is 0 Å². The Morgan fingerprint density at radius 2 is 1.62 bits per heavy atom. The highest BCUT2D eigenvalue weighted by molar-refractivity contribution is 7.88. The van der Waals surface area contributed by atoms with E-state index in [-0.39, 0.29) is 11.7 Å². The number of hydrogen-bond acceptors (Lipinski definition) is 4. The van der Waals surface area contributed by atoms with Crippen molar-refractivity contribution in [2.24, 2.45) is 0 Å². The molecule has 1 fully saturated rings. The lowest BCUT2D eigenvalue weighted by molar-refractivity contribution is -0.132. The maximum absolute atomic E-state index is 12.5. The summed E-state index contributed by atoms with van der Waals surface area (Å²) in [7, 11) is -3.30.